The van der Waals surface area contributed by atoms with Crippen LogP contribution in [-0.4, -0.2) is 25.0 Å². The fourth-order valence-corrected chi connectivity index (χ4v) is 2.33. The molecule has 0 saturated heterocycles. The average Bonchev–Trinajstić information content (AvgIpc) is 2.73. The van der Waals surface area contributed by atoms with Crippen molar-refractivity contribution in [2.45, 2.75) is 33.2 Å². The maximum absolute atomic E-state index is 3.41. The predicted octanol–water partition coefficient (Wildman–Crippen LogP) is 3.13. The van der Waals surface area contributed by atoms with Crippen LogP contribution >= 0.6 is 0 Å². The van der Waals surface area contributed by atoms with Gasteiger partial charge in [-0.25, -0.2) is 0 Å². The minimum Gasteiger partial charge on any atom is -0.384 e. The highest BCUT2D eigenvalue weighted by molar-refractivity contribution is 5.56. The Balaban J connectivity index is 1.90. The van der Waals surface area contributed by atoms with E-state index in [4.69, 9.17) is 0 Å². The molecule has 0 aromatic heterocycles. The van der Waals surface area contributed by atoms with Gasteiger partial charge in [0.1, 0.15) is 0 Å². The molecule has 1 aromatic carbocycles. The smallest absolute Gasteiger partial charge is 0.0373 e. The van der Waals surface area contributed by atoms with Crippen molar-refractivity contribution in [2.24, 2.45) is 5.92 Å². The molecule has 17 heavy (non-hydrogen) atoms. The van der Waals surface area contributed by atoms with E-state index < -0.39 is 0 Å². The van der Waals surface area contributed by atoms with Gasteiger partial charge in [0.05, 0.1) is 0 Å². The fraction of sp³-hybridized carbons (Fsp3) is 0.600. The molecule has 0 aliphatic carbocycles. The third-order valence-corrected chi connectivity index (χ3v) is 3.42. The van der Waals surface area contributed by atoms with E-state index in [1.807, 2.05) is 0 Å². The molecule has 1 aliphatic rings. The Kier molecular flexibility index (Phi) is 4.06. The van der Waals surface area contributed by atoms with E-state index in [2.05, 4.69) is 49.3 Å². The van der Waals surface area contributed by atoms with E-state index in [1.165, 1.54) is 36.2 Å². The van der Waals surface area contributed by atoms with Crippen molar-refractivity contribution in [3.63, 3.8) is 0 Å². The number of nitrogens with one attached hydrogen (secondary N) is 1. The molecule has 0 bridgehead atoms. The lowest BCUT2D eigenvalue weighted by molar-refractivity contribution is 0.303. The number of rotatable bonds is 5. The molecule has 0 amide bonds. The first kappa shape index (κ1) is 12.4. The van der Waals surface area contributed by atoms with Gasteiger partial charge in [-0.3, -0.25) is 0 Å². The lowest BCUT2D eigenvalue weighted by atomic mass is 10.1. The van der Waals surface area contributed by atoms with Crippen LogP contribution in [0.4, 0.5) is 5.69 Å². The largest absolute Gasteiger partial charge is 0.384 e. The van der Waals surface area contributed by atoms with Crippen LogP contribution in [0.3, 0.4) is 0 Å². The van der Waals surface area contributed by atoms with Crippen LogP contribution in [0.5, 0.6) is 0 Å². The lowest BCUT2D eigenvalue weighted by Crippen LogP contribution is -2.20. The van der Waals surface area contributed by atoms with Gasteiger partial charge in [0.2, 0.25) is 0 Å². The lowest BCUT2D eigenvalue weighted by Gasteiger charge is -2.18. The van der Waals surface area contributed by atoms with Crippen LogP contribution in [-0.2, 0) is 13.0 Å². The van der Waals surface area contributed by atoms with E-state index in [-0.39, 0.29) is 0 Å². The Morgan fingerprint density at radius 2 is 2.18 bits per heavy atom. The standard InChI is InChI=1S/C15H24N2/c1-12(2)7-9-17(3)11-13-4-5-15-14(10-13)6-8-16-15/h4-5,10,12,16H,6-9,11H2,1-3H3. The third-order valence-electron chi connectivity index (χ3n) is 3.42. The summed E-state index contributed by atoms with van der Waals surface area (Å²) in [4.78, 5) is 2.42. The highest BCUT2D eigenvalue weighted by Gasteiger charge is 2.10. The molecular weight excluding hydrogens is 208 g/mol. The van der Waals surface area contributed by atoms with Gasteiger partial charge in [-0.05, 0) is 49.5 Å². The minimum atomic E-state index is 0.793. The maximum Gasteiger partial charge on any atom is 0.0373 e. The van der Waals surface area contributed by atoms with E-state index in [1.54, 1.807) is 0 Å². The van der Waals surface area contributed by atoms with Gasteiger partial charge in [-0.2, -0.15) is 0 Å². The summed E-state index contributed by atoms with van der Waals surface area (Å²) in [7, 11) is 2.22. The SMILES string of the molecule is CC(C)CCN(C)Cc1ccc2c(c1)CCN2. The monoisotopic (exact) mass is 232 g/mol. The van der Waals surface area contributed by atoms with Crippen molar-refractivity contribution in [2.75, 3.05) is 25.5 Å². The summed E-state index contributed by atoms with van der Waals surface area (Å²) in [5.41, 5.74) is 4.26. The molecule has 1 aliphatic heterocycles. The summed E-state index contributed by atoms with van der Waals surface area (Å²) >= 11 is 0. The Hall–Kier alpha value is -1.02. The van der Waals surface area contributed by atoms with E-state index in [9.17, 15) is 0 Å². The van der Waals surface area contributed by atoms with E-state index in [0.717, 1.165) is 19.0 Å². The summed E-state index contributed by atoms with van der Waals surface area (Å²) in [6.45, 7) is 7.93. The molecule has 1 N–H and O–H groups in total. The van der Waals surface area contributed by atoms with Crippen LogP contribution in [0, 0.1) is 5.92 Å². The Labute approximate surface area is 105 Å². The summed E-state index contributed by atoms with van der Waals surface area (Å²) in [6.07, 6.45) is 2.46. The molecule has 0 unspecified atom stereocenters. The van der Waals surface area contributed by atoms with Crippen molar-refractivity contribution in [1.82, 2.24) is 4.90 Å². The normalized spacial score (nSPS) is 14.2. The van der Waals surface area contributed by atoms with E-state index in [0.29, 0.717) is 0 Å². The van der Waals surface area contributed by atoms with E-state index >= 15 is 0 Å². The van der Waals surface area contributed by atoms with Gasteiger partial charge >= 0.3 is 0 Å². The maximum atomic E-state index is 3.41. The summed E-state index contributed by atoms with van der Waals surface area (Å²) in [6, 6.07) is 6.85. The molecule has 2 heteroatoms. The molecule has 0 fully saturated rings. The summed E-state index contributed by atoms with van der Waals surface area (Å²) < 4.78 is 0. The molecule has 94 valence electrons. The first-order valence-electron chi connectivity index (χ1n) is 6.69. The molecule has 0 atom stereocenters. The van der Waals surface area contributed by atoms with Gasteiger partial charge < -0.3 is 10.2 Å². The van der Waals surface area contributed by atoms with Crippen LogP contribution in [0.2, 0.25) is 0 Å². The van der Waals surface area contributed by atoms with Crippen LogP contribution < -0.4 is 5.32 Å². The minimum absolute atomic E-state index is 0.793. The fourth-order valence-electron chi connectivity index (χ4n) is 2.33. The molecule has 0 saturated carbocycles. The number of nitrogens with zero attached hydrogens (tertiary/aromatic N) is 1. The second-order valence-electron chi connectivity index (χ2n) is 5.59. The van der Waals surface area contributed by atoms with Gasteiger partial charge in [0.25, 0.3) is 0 Å². The van der Waals surface area contributed by atoms with Crippen LogP contribution in [0.15, 0.2) is 18.2 Å². The van der Waals surface area contributed by atoms with Crippen molar-refractivity contribution >= 4 is 5.69 Å². The zero-order valence-electron chi connectivity index (χ0n) is 11.3. The highest BCUT2D eigenvalue weighted by atomic mass is 15.1. The van der Waals surface area contributed by atoms with Crippen molar-refractivity contribution in [3.05, 3.63) is 29.3 Å². The van der Waals surface area contributed by atoms with Gasteiger partial charge in [0, 0.05) is 18.8 Å². The first-order valence-corrected chi connectivity index (χ1v) is 6.69. The van der Waals surface area contributed by atoms with Crippen LogP contribution in [0.25, 0.3) is 0 Å². The second kappa shape index (κ2) is 5.54. The molecular formula is C15H24N2. The van der Waals surface area contributed by atoms with Gasteiger partial charge in [-0.15, -0.1) is 0 Å². The second-order valence-corrected chi connectivity index (χ2v) is 5.59. The molecule has 1 heterocycles. The average molecular weight is 232 g/mol. The van der Waals surface area contributed by atoms with Gasteiger partial charge in [0.15, 0.2) is 0 Å². The first-order chi connectivity index (χ1) is 8.15. The highest BCUT2D eigenvalue weighted by Crippen LogP contribution is 2.23. The predicted molar refractivity (Wildman–Crippen MR) is 74.4 cm³/mol. The van der Waals surface area contributed by atoms with Crippen molar-refractivity contribution in [1.29, 1.82) is 0 Å². The Bertz CT molecular complexity index is 371. The number of anilines is 1. The molecule has 0 spiro atoms. The molecule has 2 rings (SSSR count). The summed E-state index contributed by atoms with van der Waals surface area (Å²) in [5, 5.41) is 3.41. The number of hydrogen-bond acceptors (Lipinski definition) is 2. The molecule has 2 nitrogen and oxygen atoms in total. The summed E-state index contributed by atoms with van der Waals surface area (Å²) in [5.74, 6) is 0.793. The van der Waals surface area contributed by atoms with Crippen LogP contribution in [0.1, 0.15) is 31.4 Å². The topological polar surface area (TPSA) is 15.3 Å². The number of hydrogen-bond donors (Lipinski definition) is 1. The third kappa shape index (κ3) is 3.47. The zero-order valence-corrected chi connectivity index (χ0v) is 11.3. The van der Waals surface area contributed by atoms with Gasteiger partial charge in [-0.1, -0.05) is 26.0 Å². The Morgan fingerprint density at radius 3 is 2.94 bits per heavy atom. The Morgan fingerprint density at radius 1 is 1.35 bits per heavy atom. The zero-order chi connectivity index (χ0) is 12.3. The number of benzene rings is 1. The van der Waals surface area contributed by atoms with Crippen molar-refractivity contribution < 1.29 is 0 Å². The molecule has 0 radical (unpaired) electrons. The van der Waals surface area contributed by atoms with Crippen molar-refractivity contribution in [3.8, 4) is 0 Å². The molecule has 1 aromatic rings. The quantitative estimate of drug-likeness (QED) is 0.839. The number of fused-ring (bicyclic) bond motifs is 1.